The molecule has 0 saturated carbocycles. The second-order valence-electron chi connectivity index (χ2n) is 4.29. The van der Waals surface area contributed by atoms with Gasteiger partial charge in [0.05, 0.1) is 4.92 Å². The normalized spacial score (nSPS) is 15.9. The van der Waals surface area contributed by atoms with Gasteiger partial charge in [0.2, 0.25) is 0 Å². The molecule has 0 heterocycles. The van der Waals surface area contributed by atoms with Crippen molar-refractivity contribution in [3.05, 3.63) is 39.9 Å². The molecular formula is C12H18N2O3S. The van der Waals surface area contributed by atoms with Gasteiger partial charge in [-0.05, 0) is 19.4 Å². The Morgan fingerprint density at radius 2 is 1.89 bits per heavy atom. The van der Waals surface area contributed by atoms with Crippen molar-refractivity contribution in [1.29, 1.82) is 0 Å². The van der Waals surface area contributed by atoms with Crippen LogP contribution in [-0.2, 0) is 10.8 Å². The molecule has 0 radical (unpaired) electrons. The second-order valence-corrected chi connectivity index (χ2v) is 6.09. The Balaban J connectivity index is 2.59. The van der Waals surface area contributed by atoms with Crippen LogP contribution < -0.4 is 5.32 Å². The highest BCUT2D eigenvalue weighted by atomic mass is 32.2. The van der Waals surface area contributed by atoms with Crippen LogP contribution in [0, 0.1) is 10.1 Å². The Bertz CT molecular complexity index is 433. The van der Waals surface area contributed by atoms with E-state index in [0.717, 1.165) is 5.56 Å². The lowest BCUT2D eigenvalue weighted by molar-refractivity contribution is -0.384. The minimum absolute atomic E-state index is 0.0804. The van der Waals surface area contributed by atoms with E-state index in [2.05, 4.69) is 5.32 Å². The number of nitro groups is 1. The van der Waals surface area contributed by atoms with Crippen LogP contribution in [0.15, 0.2) is 24.3 Å². The third-order valence-corrected chi connectivity index (χ3v) is 4.18. The molecular weight excluding hydrogens is 252 g/mol. The van der Waals surface area contributed by atoms with Crippen LogP contribution in [0.25, 0.3) is 0 Å². The van der Waals surface area contributed by atoms with Gasteiger partial charge in [-0.25, -0.2) is 0 Å². The van der Waals surface area contributed by atoms with Crippen LogP contribution in [0.2, 0.25) is 0 Å². The van der Waals surface area contributed by atoms with Gasteiger partial charge in [0.1, 0.15) is 0 Å². The number of rotatable bonds is 6. The molecule has 0 fully saturated rings. The molecule has 0 bridgehead atoms. The molecule has 0 spiro atoms. The Morgan fingerprint density at radius 1 is 1.33 bits per heavy atom. The van der Waals surface area contributed by atoms with Gasteiger partial charge < -0.3 is 5.32 Å². The van der Waals surface area contributed by atoms with Crippen molar-refractivity contribution in [2.24, 2.45) is 0 Å². The van der Waals surface area contributed by atoms with Crippen molar-refractivity contribution in [2.45, 2.75) is 25.1 Å². The number of nitro benzene ring substituents is 1. The standard InChI is InChI=1S/C12H18N2O3S/c1-9(18(3)17)8-13-10(2)11-4-6-12(7-5-11)14(15)16/h4-7,9-10,13H,8H2,1-3H3/t9-,10-,18+/m1/s1. The van der Waals surface area contributed by atoms with Gasteiger partial charge in [0.15, 0.2) is 0 Å². The fraction of sp³-hybridized carbons (Fsp3) is 0.500. The van der Waals surface area contributed by atoms with Crippen LogP contribution in [0.5, 0.6) is 0 Å². The van der Waals surface area contributed by atoms with Crippen molar-refractivity contribution in [3.63, 3.8) is 0 Å². The van der Waals surface area contributed by atoms with Crippen molar-refractivity contribution < 1.29 is 9.13 Å². The van der Waals surface area contributed by atoms with E-state index in [9.17, 15) is 14.3 Å². The van der Waals surface area contributed by atoms with Crippen molar-refractivity contribution in [1.82, 2.24) is 5.32 Å². The maximum atomic E-state index is 11.2. The Labute approximate surface area is 109 Å². The summed E-state index contributed by atoms with van der Waals surface area (Å²) in [6.45, 7) is 4.55. The first-order valence-electron chi connectivity index (χ1n) is 5.71. The summed E-state index contributed by atoms with van der Waals surface area (Å²) < 4.78 is 11.2. The molecule has 1 N–H and O–H groups in total. The Morgan fingerprint density at radius 3 is 2.33 bits per heavy atom. The zero-order valence-electron chi connectivity index (χ0n) is 10.8. The zero-order valence-corrected chi connectivity index (χ0v) is 11.6. The van der Waals surface area contributed by atoms with E-state index in [1.807, 2.05) is 13.8 Å². The van der Waals surface area contributed by atoms with Gasteiger partial charge in [-0.3, -0.25) is 14.3 Å². The molecule has 0 aliphatic rings. The number of nitrogens with zero attached hydrogens (tertiary/aromatic N) is 1. The minimum Gasteiger partial charge on any atom is -0.309 e. The summed E-state index contributed by atoms with van der Waals surface area (Å²) in [6, 6.07) is 6.55. The lowest BCUT2D eigenvalue weighted by Crippen LogP contribution is -2.29. The first kappa shape index (κ1) is 14.8. The highest BCUT2D eigenvalue weighted by molar-refractivity contribution is 7.84. The Kier molecular flexibility index (Phi) is 5.43. The second kappa shape index (κ2) is 6.61. The third kappa shape index (κ3) is 4.19. The molecule has 0 amide bonds. The molecule has 3 atom stereocenters. The predicted molar refractivity (Wildman–Crippen MR) is 73.0 cm³/mol. The maximum Gasteiger partial charge on any atom is 0.269 e. The minimum atomic E-state index is -0.845. The largest absolute Gasteiger partial charge is 0.309 e. The smallest absolute Gasteiger partial charge is 0.269 e. The molecule has 1 aromatic rings. The van der Waals surface area contributed by atoms with E-state index >= 15 is 0 Å². The summed E-state index contributed by atoms with van der Waals surface area (Å²) in [6.07, 6.45) is 1.68. The monoisotopic (exact) mass is 270 g/mol. The van der Waals surface area contributed by atoms with Gasteiger partial charge in [0.25, 0.3) is 5.69 Å². The molecule has 6 heteroatoms. The van der Waals surface area contributed by atoms with Gasteiger partial charge in [0, 0.05) is 47.0 Å². The molecule has 0 aliphatic heterocycles. The predicted octanol–water partition coefficient (Wildman–Crippen LogP) is 2.01. The van der Waals surface area contributed by atoms with Gasteiger partial charge >= 0.3 is 0 Å². The van der Waals surface area contributed by atoms with E-state index in [1.165, 1.54) is 12.1 Å². The van der Waals surface area contributed by atoms with E-state index in [-0.39, 0.29) is 17.0 Å². The van der Waals surface area contributed by atoms with Crippen LogP contribution in [-0.4, -0.2) is 27.2 Å². The van der Waals surface area contributed by atoms with Crippen LogP contribution >= 0.6 is 0 Å². The highest BCUT2D eigenvalue weighted by Crippen LogP contribution is 2.17. The van der Waals surface area contributed by atoms with Crippen LogP contribution in [0.3, 0.4) is 0 Å². The average Bonchev–Trinajstić information content (AvgIpc) is 2.35. The first-order valence-corrected chi connectivity index (χ1v) is 7.34. The van der Waals surface area contributed by atoms with Gasteiger partial charge in [-0.2, -0.15) is 0 Å². The van der Waals surface area contributed by atoms with Crippen molar-refractivity contribution >= 4 is 16.5 Å². The average molecular weight is 270 g/mol. The maximum absolute atomic E-state index is 11.2. The van der Waals surface area contributed by atoms with Gasteiger partial charge in [-0.15, -0.1) is 0 Å². The summed E-state index contributed by atoms with van der Waals surface area (Å²) in [5.41, 5.74) is 1.07. The van der Waals surface area contributed by atoms with Gasteiger partial charge in [-0.1, -0.05) is 12.1 Å². The highest BCUT2D eigenvalue weighted by Gasteiger charge is 2.11. The molecule has 1 aromatic carbocycles. The molecule has 1 rings (SSSR count). The summed E-state index contributed by atoms with van der Waals surface area (Å²) in [4.78, 5) is 10.1. The lowest BCUT2D eigenvalue weighted by Gasteiger charge is -2.16. The summed E-state index contributed by atoms with van der Waals surface area (Å²) in [5, 5.41) is 13.9. The number of nitrogens with one attached hydrogen (secondary N) is 1. The SMILES string of the molecule is C[C@H](CN[C@H](C)c1ccc([N+](=O)[O-])cc1)[S@](C)=O. The zero-order chi connectivity index (χ0) is 13.7. The van der Waals surface area contributed by atoms with Crippen LogP contribution in [0.4, 0.5) is 5.69 Å². The Hall–Kier alpha value is -1.27. The molecule has 0 saturated heterocycles. The fourth-order valence-electron chi connectivity index (χ4n) is 1.46. The van der Waals surface area contributed by atoms with E-state index in [1.54, 1.807) is 18.4 Å². The summed E-state index contributed by atoms with van der Waals surface area (Å²) in [5.74, 6) is 0. The molecule has 0 unspecified atom stereocenters. The first-order chi connectivity index (χ1) is 8.41. The van der Waals surface area contributed by atoms with E-state index in [0.29, 0.717) is 6.54 Å². The molecule has 5 nitrogen and oxygen atoms in total. The van der Waals surface area contributed by atoms with E-state index in [4.69, 9.17) is 0 Å². The summed E-state index contributed by atoms with van der Waals surface area (Å²) in [7, 11) is -0.845. The lowest BCUT2D eigenvalue weighted by atomic mass is 10.1. The number of non-ortho nitro benzene ring substituents is 1. The molecule has 0 aliphatic carbocycles. The molecule has 0 aromatic heterocycles. The number of benzene rings is 1. The van der Waals surface area contributed by atoms with Crippen LogP contribution in [0.1, 0.15) is 25.5 Å². The quantitative estimate of drug-likeness (QED) is 0.634. The van der Waals surface area contributed by atoms with E-state index < -0.39 is 15.7 Å². The molecule has 18 heavy (non-hydrogen) atoms. The van der Waals surface area contributed by atoms with Crippen molar-refractivity contribution in [3.8, 4) is 0 Å². The third-order valence-electron chi connectivity index (χ3n) is 2.88. The topological polar surface area (TPSA) is 72.2 Å². The number of hydrogen-bond donors (Lipinski definition) is 1. The number of hydrogen-bond acceptors (Lipinski definition) is 4. The fourth-order valence-corrected chi connectivity index (χ4v) is 1.79. The van der Waals surface area contributed by atoms with Crippen molar-refractivity contribution in [2.75, 3.05) is 12.8 Å². The summed E-state index contributed by atoms with van der Waals surface area (Å²) >= 11 is 0. The molecule has 100 valence electrons.